The van der Waals surface area contributed by atoms with Crippen molar-refractivity contribution >= 4 is 38.4 Å². The third kappa shape index (κ3) is 4.51. The van der Waals surface area contributed by atoms with Crippen molar-refractivity contribution in [1.82, 2.24) is 25.1 Å². The van der Waals surface area contributed by atoms with Gasteiger partial charge in [0.1, 0.15) is 0 Å². The van der Waals surface area contributed by atoms with Gasteiger partial charge in [0.25, 0.3) is 21.6 Å². The number of anilines is 1. The molecule has 1 fully saturated rings. The summed E-state index contributed by atoms with van der Waals surface area (Å²) in [5.74, 6) is -1.11. The molecule has 1 aromatic heterocycles. The number of rotatable bonds is 8. The van der Waals surface area contributed by atoms with Gasteiger partial charge in [0.15, 0.2) is 11.5 Å². The summed E-state index contributed by atoms with van der Waals surface area (Å²) < 4.78 is 77.2. The number of alkyl halides is 3. The third-order valence-electron chi connectivity index (χ3n) is 4.54. The van der Waals surface area contributed by atoms with Gasteiger partial charge in [-0.1, -0.05) is 17.4 Å². The van der Waals surface area contributed by atoms with Gasteiger partial charge in [0, 0.05) is 6.54 Å². The van der Waals surface area contributed by atoms with Gasteiger partial charge in [-0.05, 0) is 24.1 Å². The smallest absolute Gasteiger partial charge is 0.435 e. The molecule has 2 heterocycles. The summed E-state index contributed by atoms with van der Waals surface area (Å²) in [5.41, 5.74) is 1.86. The van der Waals surface area contributed by atoms with Crippen LogP contribution in [0.4, 0.5) is 23.1 Å². The van der Waals surface area contributed by atoms with Gasteiger partial charge in [-0.25, -0.2) is 13.2 Å². The molecule has 1 atom stereocenters. The van der Waals surface area contributed by atoms with Crippen molar-refractivity contribution < 1.29 is 40.7 Å². The third-order valence-corrected chi connectivity index (χ3v) is 7.11. The fourth-order valence-corrected chi connectivity index (χ4v) is 5.00. The Balaban J connectivity index is 1.87. The molecule has 3 amide bonds. The quantitative estimate of drug-likeness (QED) is 0.428. The number of hydrogen-bond donors (Lipinski definition) is 3. The van der Waals surface area contributed by atoms with E-state index < -0.39 is 44.7 Å². The van der Waals surface area contributed by atoms with Crippen LogP contribution in [-0.4, -0.2) is 68.1 Å². The fourth-order valence-electron chi connectivity index (χ4n) is 2.95. The normalized spacial score (nSPS) is 19.0. The summed E-state index contributed by atoms with van der Waals surface area (Å²) in [6.07, 6.45) is -5.58. The Labute approximate surface area is 188 Å². The molecule has 180 valence electrons. The molecule has 1 unspecified atom stereocenters. The van der Waals surface area contributed by atoms with E-state index in [0.29, 0.717) is 17.1 Å². The predicted octanol–water partition coefficient (Wildman–Crippen LogP) is 0.469. The SMILES string of the molecule is COc1ccc(CCN2C(=O)NC(NS(=O)(=O)c3nnc(N)s3)(C(F)(F)F)C2=O)cc1OC. The summed E-state index contributed by atoms with van der Waals surface area (Å²) >= 11 is 0.282. The molecule has 1 saturated heterocycles. The van der Waals surface area contributed by atoms with Crippen LogP contribution in [0.15, 0.2) is 22.5 Å². The summed E-state index contributed by atoms with van der Waals surface area (Å²) in [6, 6.07) is 3.20. The number of nitrogens with one attached hydrogen (secondary N) is 2. The van der Waals surface area contributed by atoms with E-state index in [4.69, 9.17) is 15.2 Å². The van der Waals surface area contributed by atoms with Gasteiger partial charge in [0.2, 0.25) is 9.47 Å². The van der Waals surface area contributed by atoms with Crippen molar-refractivity contribution in [3.63, 3.8) is 0 Å². The molecule has 1 aliphatic rings. The molecule has 0 spiro atoms. The highest BCUT2D eigenvalue weighted by molar-refractivity contribution is 7.91. The molecule has 17 heteroatoms. The second-order valence-corrected chi connectivity index (χ2v) is 9.45. The van der Waals surface area contributed by atoms with Crippen LogP contribution in [0.3, 0.4) is 0 Å². The first-order valence-electron chi connectivity index (χ1n) is 8.89. The minimum atomic E-state index is -5.53. The van der Waals surface area contributed by atoms with Crippen molar-refractivity contribution in [2.75, 3.05) is 26.5 Å². The van der Waals surface area contributed by atoms with E-state index in [1.807, 2.05) is 0 Å². The average Bonchev–Trinajstić information content (AvgIpc) is 3.28. The number of carbonyl (C=O) groups excluding carboxylic acids is 2. The molecule has 4 N–H and O–H groups in total. The lowest BCUT2D eigenvalue weighted by Crippen LogP contribution is -2.69. The van der Waals surface area contributed by atoms with E-state index in [9.17, 15) is 31.2 Å². The van der Waals surface area contributed by atoms with Gasteiger partial charge in [-0.3, -0.25) is 9.69 Å². The second kappa shape index (κ2) is 8.64. The minimum Gasteiger partial charge on any atom is -0.493 e. The van der Waals surface area contributed by atoms with Gasteiger partial charge < -0.3 is 20.5 Å². The van der Waals surface area contributed by atoms with E-state index in [1.165, 1.54) is 30.3 Å². The van der Waals surface area contributed by atoms with E-state index >= 15 is 0 Å². The molecule has 1 aromatic carbocycles. The van der Waals surface area contributed by atoms with Crippen LogP contribution in [0.5, 0.6) is 11.5 Å². The Hall–Kier alpha value is -3.18. The molecule has 0 radical (unpaired) electrons. The van der Waals surface area contributed by atoms with Crippen LogP contribution in [0.25, 0.3) is 0 Å². The van der Waals surface area contributed by atoms with Gasteiger partial charge in [-0.15, -0.1) is 10.2 Å². The van der Waals surface area contributed by atoms with Crippen molar-refractivity contribution in [2.45, 2.75) is 22.6 Å². The monoisotopic (exact) mass is 510 g/mol. The molecule has 0 bridgehead atoms. The average molecular weight is 510 g/mol. The number of methoxy groups -OCH3 is 2. The van der Waals surface area contributed by atoms with Crippen LogP contribution in [0, 0.1) is 0 Å². The fraction of sp³-hybridized carbons (Fsp3) is 0.375. The highest BCUT2D eigenvalue weighted by Gasteiger charge is 2.69. The standard InChI is InChI=1S/C16H17F3N6O6S2/c1-30-9-4-3-8(7-10(9)31-2)5-6-25-11(26)15(16(17,18)19,21-13(25)27)24-33(28,29)14-23-22-12(20)32-14/h3-4,7,24H,5-6H2,1-2H3,(H2,20,22)(H,21,27). The molecule has 0 aliphatic carbocycles. The molecular formula is C16H17F3N6O6S2. The maximum Gasteiger partial charge on any atom is 0.435 e. The highest BCUT2D eigenvalue weighted by Crippen LogP contribution is 2.36. The molecule has 1 aliphatic heterocycles. The first kappa shape index (κ1) is 24.5. The van der Waals surface area contributed by atoms with Crippen LogP contribution < -0.4 is 25.2 Å². The zero-order valence-electron chi connectivity index (χ0n) is 17.0. The zero-order valence-corrected chi connectivity index (χ0v) is 18.6. The molecule has 2 aromatic rings. The zero-order chi connectivity index (χ0) is 24.6. The number of imide groups is 1. The lowest BCUT2D eigenvalue weighted by molar-refractivity contribution is -0.198. The summed E-state index contributed by atoms with van der Waals surface area (Å²) in [4.78, 5) is 25.3. The number of ether oxygens (including phenoxy) is 2. The number of nitrogen functional groups attached to an aromatic ring is 1. The van der Waals surface area contributed by atoms with Crippen LogP contribution >= 0.6 is 11.3 Å². The Morgan fingerprint density at radius 2 is 1.88 bits per heavy atom. The lowest BCUT2D eigenvalue weighted by atomic mass is 10.1. The number of sulfonamides is 1. The topological polar surface area (TPSA) is 166 Å². The summed E-state index contributed by atoms with van der Waals surface area (Å²) in [7, 11) is -2.23. The number of urea groups is 1. The number of benzene rings is 1. The van der Waals surface area contributed by atoms with Crippen LogP contribution in [0.1, 0.15) is 5.56 Å². The molecule has 0 saturated carbocycles. The second-order valence-electron chi connectivity index (χ2n) is 6.59. The Morgan fingerprint density at radius 3 is 2.42 bits per heavy atom. The summed E-state index contributed by atoms with van der Waals surface area (Å²) in [6.45, 7) is -0.481. The van der Waals surface area contributed by atoms with Crippen molar-refractivity contribution in [2.24, 2.45) is 0 Å². The largest absolute Gasteiger partial charge is 0.493 e. The van der Waals surface area contributed by atoms with E-state index in [0.717, 1.165) is 0 Å². The molecular weight excluding hydrogens is 493 g/mol. The van der Waals surface area contributed by atoms with Crippen LogP contribution in [-0.2, 0) is 21.2 Å². The summed E-state index contributed by atoms with van der Waals surface area (Å²) in [5, 5.41) is 7.50. The Bertz CT molecular complexity index is 1190. The maximum atomic E-state index is 13.9. The number of amides is 3. The molecule has 12 nitrogen and oxygen atoms in total. The maximum absolute atomic E-state index is 13.9. The van der Waals surface area contributed by atoms with E-state index in [1.54, 1.807) is 12.1 Å². The number of aromatic nitrogens is 2. The number of hydrogen-bond acceptors (Lipinski definition) is 10. The lowest BCUT2D eigenvalue weighted by Gasteiger charge is -2.29. The van der Waals surface area contributed by atoms with Crippen molar-refractivity contribution in [3.05, 3.63) is 23.8 Å². The van der Waals surface area contributed by atoms with Gasteiger partial charge in [-0.2, -0.15) is 17.9 Å². The Morgan fingerprint density at radius 1 is 1.21 bits per heavy atom. The Kier molecular flexibility index (Phi) is 6.40. The first-order valence-corrected chi connectivity index (χ1v) is 11.2. The number of nitrogens with zero attached hydrogens (tertiary/aromatic N) is 3. The predicted molar refractivity (Wildman–Crippen MR) is 107 cm³/mol. The van der Waals surface area contributed by atoms with E-state index in [2.05, 4.69) is 10.2 Å². The van der Waals surface area contributed by atoms with Crippen molar-refractivity contribution in [3.8, 4) is 11.5 Å². The van der Waals surface area contributed by atoms with Crippen molar-refractivity contribution in [1.29, 1.82) is 0 Å². The van der Waals surface area contributed by atoms with Crippen LogP contribution in [0.2, 0.25) is 0 Å². The molecule has 33 heavy (non-hydrogen) atoms. The first-order chi connectivity index (χ1) is 15.3. The molecule has 3 rings (SSSR count). The number of carbonyl (C=O) groups is 2. The minimum absolute atomic E-state index is 0.0485. The number of nitrogens with two attached hydrogens (primary N) is 1. The van der Waals surface area contributed by atoms with E-state index in [-0.39, 0.29) is 27.8 Å². The van der Waals surface area contributed by atoms with Gasteiger partial charge >= 0.3 is 12.2 Å². The highest BCUT2D eigenvalue weighted by atomic mass is 32.2. The van der Waals surface area contributed by atoms with Gasteiger partial charge in [0.05, 0.1) is 14.2 Å². The number of halogens is 3.